The zero-order chi connectivity index (χ0) is 31.2. The van der Waals surface area contributed by atoms with Gasteiger partial charge in [-0.3, -0.25) is 19.2 Å². The van der Waals surface area contributed by atoms with Crippen molar-refractivity contribution in [3.63, 3.8) is 0 Å². The fourth-order valence-electron chi connectivity index (χ4n) is 5.92. The van der Waals surface area contributed by atoms with Gasteiger partial charge in [0.2, 0.25) is 5.91 Å². The Bertz CT molecular complexity index is 1140. The first-order valence-electron chi connectivity index (χ1n) is 14.4. The summed E-state index contributed by atoms with van der Waals surface area (Å²) in [4.78, 5) is 52.5. The number of hydrogen-bond acceptors (Lipinski definition) is 9. The third-order valence-electron chi connectivity index (χ3n) is 7.80. The number of aliphatic hydroxyl groups is 2. The molecule has 1 aromatic carbocycles. The predicted octanol–water partition coefficient (Wildman–Crippen LogP) is 2.75. The van der Waals surface area contributed by atoms with Gasteiger partial charge >= 0.3 is 0 Å². The second-order valence-electron chi connectivity index (χ2n) is 13.2. The number of rotatable bonds is 15. The molecule has 242 valence electrons. The lowest BCUT2D eigenvalue weighted by Gasteiger charge is -2.34. The van der Waals surface area contributed by atoms with Crippen LogP contribution in [0.5, 0.6) is 5.75 Å². The Kier molecular flexibility index (Phi) is 13.6. The fraction of sp³-hybridized carbons (Fsp3) is 0.677. The quantitative estimate of drug-likeness (QED) is 0.149. The van der Waals surface area contributed by atoms with Crippen molar-refractivity contribution >= 4 is 34.6 Å². The van der Waals surface area contributed by atoms with Crippen LogP contribution in [0.25, 0.3) is 0 Å². The number of amides is 1. The molecule has 4 atom stereocenters. The number of carbonyl (C=O) groups excluding carboxylic acids is 4. The van der Waals surface area contributed by atoms with E-state index in [1.807, 2.05) is 53.6 Å². The number of benzene rings is 1. The highest BCUT2D eigenvalue weighted by Crippen LogP contribution is 2.44. The van der Waals surface area contributed by atoms with Crippen LogP contribution in [-0.2, 0) is 20.8 Å². The molecule has 0 aliphatic heterocycles. The Balaban J connectivity index is 0. The van der Waals surface area contributed by atoms with Crippen molar-refractivity contribution in [3.8, 4) is 5.75 Å². The van der Waals surface area contributed by atoms with E-state index in [1.54, 1.807) is 6.07 Å². The molecule has 11 heteroatoms. The molecule has 0 bridgehead atoms. The predicted molar refractivity (Wildman–Crippen MR) is 167 cm³/mol. The summed E-state index contributed by atoms with van der Waals surface area (Å²) in [6.07, 6.45) is 0.999. The molecule has 0 aromatic heterocycles. The molecule has 0 heterocycles. The van der Waals surface area contributed by atoms with E-state index in [2.05, 4.69) is 5.32 Å². The number of aliphatic hydroxyl groups excluding tert-OH is 2. The normalized spacial score (nSPS) is 17.1. The minimum Gasteiger partial charge on any atom is -0.505 e. The zero-order valence-corrected chi connectivity index (χ0v) is 26.1. The van der Waals surface area contributed by atoms with Crippen LogP contribution in [0.3, 0.4) is 0 Å². The van der Waals surface area contributed by atoms with Crippen molar-refractivity contribution in [1.29, 1.82) is 0 Å². The second kappa shape index (κ2) is 15.5. The molecule has 0 saturated heterocycles. The summed E-state index contributed by atoms with van der Waals surface area (Å²) in [5, 5.41) is 34.2. The largest absolute Gasteiger partial charge is 0.505 e. The number of aromatic hydroxyl groups is 1. The Morgan fingerprint density at radius 3 is 2.24 bits per heavy atom. The summed E-state index contributed by atoms with van der Waals surface area (Å²) < 4.78 is 0. The van der Waals surface area contributed by atoms with Gasteiger partial charge in [0.1, 0.15) is 11.5 Å². The number of phenolic OH excluding ortho intramolecular Hbond substituents is 1. The first kappa shape index (κ1) is 37.0. The molecular weight excluding hydrogens is 542 g/mol. The van der Waals surface area contributed by atoms with Crippen molar-refractivity contribution in [2.45, 2.75) is 79.2 Å². The number of carbonyl (C=O) groups is 4. The van der Waals surface area contributed by atoms with Crippen LogP contribution in [0.1, 0.15) is 85.5 Å². The summed E-state index contributed by atoms with van der Waals surface area (Å²) in [7, 11) is 3.68. The van der Waals surface area contributed by atoms with E-state index in [1.165, 1.54) is 0 Å². The van der Waals surface area contributed by atoms with Gasteiger partial charge in [0.15, 0.2) is 11.6 Å². The highest BCUT2D eigenvalue weighted by Gasteiger charge is 2.37. The first-order valence-corrected chi connectivity index (χ1v) is 14.4. The molecule has 1 aromatic rings. The van der Waals surface area contributed by atoms with Gasteiger partial charge in [-0.15, -0.1) is 0 Å². The molecule has 1 amide bonds. The number of nitrogens with zero attached hydrogens (tertiary/aromatic N) is 1. The number of fused-ring (bicyclic) bond motifs is 1. The standard InChI is InChI=1S/C31H49N3O7.H2O.2H2/c1-17(2)29(26(39)15-31(3,4)5)33-22-13-23(34(6)7)20-11-18(12-25(38)28(20)30(22)41)10-19(8-9-35)21(16-36)24(37)14-27(32)40;;;/h13,17-19,21,29,33,35-36,41H,8-12,14-16H2,1-7H3,(H2,32,40);1H2;2*1H. The molecule has 0 radical (unpaired) electrons. The fourth-order valence-corrected chi connectivity index (χ4v) is 5.92. The number of Topliss-reactive ketones (excluding diaryl/α,β-unsaturated/α-hetero) is 3. The van der Waals surface area contributed by atoms with Crippen molar-refractivity contribution in [2.24, 2.45) is 34.8 Å². The molecule has 11 nitrogen and oxygen atoms in total. The maximum atomic E-state index is 13.5. The van der Waals surface area contributed by atoms with Crippen LogP contribution in [0.2, 0.25) is 0 Å². The maximum absolute atomic E-state index is 13.5. The third-order valence-corrected chi connectivity index (χ3v) is 7.80. The average Bonchev–Trinajstić information content (AvgIpc) is 2.81. The van der Waals surface area contributed by atoms with Crippen molar-refractivity contribution in [3.05, 3.63) is 17.2 Å². The van der Waals surface area contributed by atoms with Gasteiger partial charge in [0.05, 0.1) is 30.3 Å². The van der Waals surface area contributed by atoms with Crippen molar-refractivity contribution in [2.75, 3.05) is 37.5 Å². The number of ketones is 3. The summed E-state index contributed by atoms with van der Waals surface area (Å²) in [6.45, 7) is 9.17. The van der Waals surface area contributed by atoms with Gasteiger partial charge in [-0.1, -0.05) is 34.6 Å². The number of anilines is 2. The zero-order valence-electron chi connectivity index (χ0n) is 26.1. The van der Waals surface area contributed by atoms with Gasteiger partial charge in [0.25, 0.3) is 0 Å². The number of nitrogens with two attached hydrogens (primary N) is 1. The van der Waals surface area contributed by atoms with Gasteiger partial charge in [-0.2, -0.15) is 0 Å². The smallest absolute Gasteiger partial charge is 0.224 e. The Hall–Kier alpha value is -3.02. The molecule has 1 aliphatic carbocycles. The van der Waals surface area contributed by atoms with Crippen LogP contribution in [-0.4, -0.2) is 77.4 Å². The van der Waals surface area contributed by atoms with Crippen LogP contribution < -0.4 is 16.0 Å². The lowest BCUT2D eigenvalue weighted by molar-refractivity contribution is -0.131. The SMILES string of the molecule is CC(C)C(Nc1cc(N(C)C)c2c(c1O)C(=O)CC(CC(CCO)C(CO)C(=O)CC(N)=O)C2)C(=O)CC(C)(C)C.O.[HH].[HH]. The molecule has 42 heavy (non-hydrogen) atoms. The van der Waals surface area contributed by atoms with Gasteiger partial charge in [-0.05, 0) is 54.1 Å². The lowest BCUT2D eigenvalue weighted by atomic mass is 9.73. The minimum atomic E-state index is -0.877. The van der Waals surface area contributed by atoms with E-state index in [0.717, 1.165) is 5.69 Å². The molecule has 8 N–H and O–H groups in total. The van der Waals surface area contributed by atoms with E-state index in [-0.39, 0.29) is 67.9 Å². The third kappa shape index (κ3) is 9.50. The van der Waals surface area contributed by atoms with E-state index in [4.69, 9.17) is 5.73 Å². The monoisotopic (exact) mass is 597 g/mol. The van der Waals surface area contributed by atoms with Crippen molar-refractivity contribution < 1.29 is 42.8 Å². The van der Waals surface area contributed by atoms with E-state index in [0.29, 0.717) is 30.5 Å². The Morgan fingerprint density at radius 2 is 1.76 bits per heavy atom. The van der Waals surface area contributed by atoms with Crippen LogP contribution >= 0.6 is 0 Å². The summed E-state index contributed by atoms with van der Waals surface area (Å²) >= 11 is 0. The maximum Gasteiger partial charge on any atom is 0.224 e. The molecule has 4 unspecified atom stereocenters. The summed E-state index contributed by atoms with van der Waals surface area (Å²) in [5.74, 6) is -3.26. The molecular formula is C31H55N3O8. The lowest BCUT2D eigenvalue weighted by Crippen LogP contribution is -2.37. The number of nitrogens with one attached hydrogen (secondary N) is 1. The van der Waals surface area contributed by atoms with E-state index >= 15 is 0 Å². The highest BCUT2D eigenvalue weighted by atomic mass is 16.3. The number of hydrogen-bond donors (Lipinski definition) is 5. The second-order valence-corrected chi connectivity index (χ2v) is 13.2. The van der Waals surface area contributed by atoms with Gasteiger partial charge in [0, 0.05) is 48.0 Å². The molecule has 1 aliphatic rings. The highest BCUT2D eigenvalue weighted by molar-refractivity contribution is 6.05. The molecule has 0 saturated carbocycles. The molecule has 0 spiro atoms. The van der Waals surface area contributed by atoms with Crippen LogP contribution in [0.4, 0.5) is 11.4 Å². The summed E-state index contributed by atoms with van der Waals surface area (Å²) in [5.41, 5.74) is 6.95. The Morgan fingerprint density at radius 1 is 1.14 bits per heavy atom. The van der Waals surface area contributed by atoms with Crippen LogP contribution in [0, 0.1) is 29.1 Å². The number of phenols is 1. The molecule has 0 fully saturated rings. The van der Waals surface area contributed by atoms with Gasteiger partial charge in [-0.25, -0.2) is 0 Å². The topological polar surface area (TPSA) is 202 Å². The Labute approximate surface area is 252 Å². The van der Waals surface area contributed by atoms with Crippen LogP contribution in [0.15, 0.2) is 6.07 Å². The van der Waals surface area contributed by atoms with E-state index < -0.39 is 42.6 Å². The molecule has 2 rings (SSSR count). The first-order chi connectivity index (χ1) is 19.0. The summed E-state index contributed by atoms with van der Waals surface area (Å²) in [6, 6.07) is 1.22. The minimum absolute atomic E-state index is 0. The van der Waals surface area contributed by atoms with Gasteiger partial charge < -0.3 is 36.7 Å². The van der Waals surface area contributed by atoms with E-state index in [9.17, 15) is 34.5 Å². The average molecular weight is 598 g/mol. The van der Waals surface area contributed by atoms with Crippen molar-refractivity contribution in [1.82, 2.24) is 0 Å². The number of primary amides is 1.